The maximum absolute atomic E-state index is 6.06. The molecule has 0 aromatic carbocycles. The Balaban J connectivity index is 2.54. The molecule has 0 aliphatic carbocycles. The highest BCUT2D eigenvalue weighted by atomic mass is 14.8. The lowest BCUT2D eigenvalue weighted by molar-refractivity contribution is 0.410. The number of hydrogen-bond acceptors (Lipinski definition) is 3. The zero-order valence-corrected chi connectivity index (χ0v) is 8.98. The van der Waals surface area contributed by atoms with E-state index in [0.717, 1.165) is 12.1 Å². The zero-order chi connectivity index (χ0) is 10.4. The lowest BCUT2D eigenvalue weighted by Gasteiger charge is -2.17. The molecule has 0 aliphatic rings. The fourth-order valence-electron chi connectivity index (χ4n) is 1.62. The Hall–Kier alpha value is -0.960. The van der Waals surface area contributed by atoms with Gasteiger partial charge in [-0.25, -0.2) is 9.97 Å². The van der Waals surface area contributed by atoms with Gasteiger partial charge >= 0.3 is 0 Å². The van der Waals surface area contributed by atoms with Crippen molar-refractivity contribution in [2.75, 3.05) is 0 Å². The third-order valence-corrected chi connectivity index (χ3v) is 2.73. The first-order valence-corrected chi connectivity index (χ1v) is 5.29. The molecule has 0 saturated carbocycles. The van der Waals surface area contributed by atoms with E-state index in [0.29, 0.717) is 5.92 Å². The molecule has 0 spiro atoms. The van der Waals surface area contributed by atoms with Crippen LogP contribution in [0, 0.1) is 5.92 Å². The normalized spacial score (nSPS) is 13.1. The van der Waals surface area contributed by atoms with Gasteiger partial charge in [-0.1, -0.05) is 26.7 Å². The number of nitrogens with zero attached hydrogens (tertiary/aromatic N) is 2. The van der Waals surface area contributed by atoms with Crippen molar-refractivity contribution < 1.29 is 0 Å². The minimum absolute atomic E-state index is 0.0582. The molecule has 1 rings (SSSR count). The van der Waals surface area contributed by atoms with Gasteiger partial charge in [-0.3, -0.25) is 0 Å². The van der Waals surface area contributed by atoms with Gasteiger partial charge < -0.3 is 5.73 Å². The van der Waals surface area contributed by atoms with Gasteiger partial charge in [-0.15, -0.1) is 0 Å². The summed E-state index contributed by atoms with van der Waals surface area (Å²) in [6.45, 7) is 4.42. The Morgan fingerprint density at radius 3 is 2.57 bits per heavy atom. The minimum atomic E-state index is 0.0582. The maximum atomic E-state index is 6.06. The van der Waals surface area contributed by atoms with Crippen molar-refractivity contribution in [2.45, 2.75) is 39.2 Å². The third-order valence-electron chi connectivity index (χ3n) is 2.73. The van der Waals surface area contributed by atoms with Gasteiger partial charge in [0.15, 0.2) is 0 Å². The van der Waals surface area contributed by atoms with Crippen LogP contribution in [0.25, 0.3) is 0 Å². The monoisotopic (exact) mass is 193 g/mol. The molecule has 0 aliphatic heterocycles. The second-order valence-corrected chi connectivity index (χ2v) is 3.66. The molecule has 1 aromatic rings. The molecule has 0 amide bonds. The molecule has 0 saturated heterocycles. The molecule has 3 nitrogen and oxygen atoms in total. The van der Waals surface area contributed by atoms with Crippen molar-refractivity contribution in [2.24, 2.45) is 11.7 Å². The van der Waals surface area contributed by atoms with Crippen LogP contribution in [0.2, 0.25) is 0 Å². The summed E-state index contributed by atoms with van der Waals surface area (Å²) in [4.78, 5) is 8.04. The Labute approximate surface area is 85.8 Å². The van der Waals surface area contributed by atoms with Crippen molar-refractivity contribution in [3.8, 4) is 0 Å². The first-order valence-electron chi connectivity index (χ1n) is 5.29. The molecule has 14 heavy (non-hydrogen) atoms. The summed E-state index contributed by atoms with van der Waals surface area (Å²) in [6.07, 6.45) is 6.70. The van der Waals surface area contributed by atoms with Crippen molar-refractivity contribution in [1.29, 1.82) is 0 Å². The van der Waals surface area contributed by atoms with Gasteiger partial charge in [0, 0.05) is 12.2 Å². The summed E-state index contributed by atoms with van der Waals surface area (Å²) >= 11 is 0. The summed E-state index contributed by atoms with van der Waals surface area (Å²) in [5.41, 5.74) is 7.01. The van der Waals surface area contributed by atoms with E-state index in [1.165, 1.54) is 12.8 Å². The molecule has 1 heterocycles. The number of hydrogen-bond donors (Lipinski definition) is 1. The van der Waals surface area contributed by atoms with E-state index in [1.807, 2.05) is 6.07 Å². The molecular formula is C11H19N3. The molecule has 78 valence electrons. The summed E-state index contributed by atoms with van der Waals surface area (Å²) in [5, 5.41) is 0. The van der Waals surface area contributed by atoms with Crippen molar-refractivity contribution >= 4 is 0 Å². The average Bonchev–Trinajstić information content (AvgIpc) is 2.26. The Morgan fingerprint density at radius 1 is 1.36 bits per heavy atom. The van der Waals surface area contributed by atoms with Gasteiger partial charge in [-0.05, 0) is 18.4 Å². The molecule has 1 atom stereocenters. The Bertz CT molecular complexity index is 244. The summed E-state index contributed by atoms with van der Waals surface area (Å²) in [5.74, 6) is 0.708. The molecule has 1 unspecified atom stereocenters. The Morgan fingerprint density at radius 2 is 2.07 bits per heavy atom. The molecule has 2 N–H and O–H groups in total. The van der Waals surface area contributed by atoms with Crippen LogP contribution in [-0.4, -0.2) is 9.97 Å². The maximum Gasteiger partial charge on any atom is 0.115 e. The highest BCUT2D eigenvalue weighted by Gasteiger charge is 2.12. The van der Waals surface area contributed by atoms with Crippen LogP contribution in [0.15, 0.2) is 18.6 Å². The second kappa shape index (κ2) is 5.70. The fraction of sp³-hybridized carbons (Fsp3) is 0.636. The molecule has 0 bridgehead atoms. The van der Waals surface area contributed by atoms with Crippen molar-refractivity contribution in [3.05, 3.63) is 24.3 Å². The van der Waals surface area contributed by atoms with Gasteiger partial charge in [0.25, 0.3) is 0 Å². The highest BCUT2D eigenvalue weighted by molar-refractivity contribution is 5.03. The van der Waals surface area contributed by atoms with Crippen LogP contribution in [0.4, 0.5) is 0 Å². The van der Waals surface area contributed by atoms with E-state index in [-0.39, 0.29) is 6.04 Å². The smallest absolute Gasteiger partial charge is 0.115 e. The predicted octanol–water partition coefficient (Wildman–Crippen LogP) is 2.30. The van der Waals surface area contributed by atoms with Gasteiger partial charge in [-0.2, -0.15) is 0 Å². The van der Waals surface area contributed by atoms with Crippen LogP contribution < -0.4 is 5.73 Å². The predicted molar refractivity (Wildman–Crippen MR) is 57.6 cm³/mol. The Kier molecular flexibility index (Phi) is 4.53. The number of aromatic nitrogens is 2. The lowest BCUT2D eigenvalue weighted by atomic mass is 9.94. The highest BCUT2D eigenvalue weighted by Crippen LogP contribution is 2.21. The van der Waals surface area contributed by atoms with Gasteiger partial charge in [0.05, 0.1) is 5.69 Å². The summed E-state index contributed by atoms with van der Waals surface area (Å²) in [7, 11) is 0. The van der Waals surface area contributed by atoms with E-state index >= 15 is 0 Å². The molecular weight excluding hydrogens is 174 g/mol. The zero-order valence-electron chi connectivity index (χ0n) is 8.98. The third kappa shape index (κ3) is 3.07. The molecule has 0 fully saturated rings. The van der Waals surface area contributed by atoms with Gasteiger partial charge in [0.2, 0.25) is 0 Å². The van der Waals surface area contributed by atoms with Crippen molar-refractivity contribution in [1.82, 2.24) is 9.97 Å². The minimum Gasteiger partial charge on any atom is -0.323 e. The van der Waals surface area contributed by atoms with Gasteiger partial charge in [0.1, 0.15) is 6.33 Å². The van der Waals surface area contributed by atoms with E-state index in [4.69, 9.17) is 5.73 Å². The standard InChI is InChI=1S/C11H19N3/c1-3-9(4-2)7-10(12)11-5-6-13-8-14-11/h5-6,8-10H,3-4,7,12H2,1-2H3. The summed E-state index contributed by atoms with van der Waals surface area (Å²) < 4.78 is 0. The second-order valence-electron chi connectivity index (χ2n) is 3.66. The number of nitrogens with two attached hydrogens (primary N) is 1. The van der Waals surface area contributed by atoms with Crippen LogP contribution in [-0.2, 0) is 0 Å². The summed E-state index contributed by atoms with van der Waals surface area (Å²) in [6, 6.07) is 1.95. The average molecular weight is 193 g/mol. The van der Waals surface area contributed by atoms with Crippen LogP contribution in [0.5, 0.6) is 0 Å². The molecule has 1 aromatic heterocycles. The van der Waals surface area contributed by atoms with E-state index < -0.39 is 0 Å². The quantitative estimate of drug-likeness (QED) is 0.780. The SMILES string of the molecule is CCC(CC)CC(N)c1ccncn1. The largest absolute Gasteiger partial charge is 0.323 e. The van der Waals surface area contributed by atoms with E-state index in [1.54, 1.807) is 12.5 Å². The van der Waals surface area contributed by atoms with E-state index in [9.17, 15) is 0 Å². The topological polar surface area (TPSA) is 51.8 Å². The van der Waals surface area contributed by atoms with Crippen LogP contribution in [0.3, 0.4) is 0 Å². The lowest BCUT2D eigenvalue weighted by Crippen LogP contribution is -2.16. The van der Waals surface area contributed by atoms with E-state index in [2.05, 4.69) is 23.8 Å². The first kappa shape index (κ1) is 11.1. The van der Waals surface area contributed by atoms with Crippen LogP contribution in [0.1, 0.15) is 44.8 Å². The molecule has 3 heteroatoms. The number of rotatable bonds is 5. The fourth-order valence-corrected chi connectivity index (χ4v) is 1.62. The van der Waals surface area contributed by atoms with Crippen LogP contribution >= 0.6 is 0 Å². The first-order chi connectivity index (χ1) is 6.77. The van der Waals surface area contributed by atoms with Crippen molar-refractivity contribution in [3.63, 3.8) is 0 Å². The molecule has 0 radical (unpaired) electrons.